The number of halogens is 1. The molecule has 0 spiro atoms. The molecule has 1 aromatic heterocycles. The molecule has 0 saturated heterocycles. The molecule has 0 radical (unpaired) electrons. The maximum atomic E-state index is 12.8. The lowest BCUT2D eigenvalue weighted by Gasteiger charge is -2.31. The molecule has 1 heterocycles. The van der Waals surface area contributed by atoms with Crippen LogP contribution in [0.2, 0.25) is 5.02 Å². The van der Waals surface area contributed by atoms with E-state index in [9.17, 15) is 8.42 Å². The fourth-order valence-electron chi connectivity index (χ4n) is 3.63. The van der Waals surface area contributed by atoms with Gasteiger partial charge in [0.15, 0.2) is 0 Å². The average Bonchev–Trinajstić information content (AvgIpc) is 3.19. The second kappa shape index (κ2) is 8.03. The lowest BCUT2D eigenvalue weighted by molar-refractivity contribution is 0.267. The zero-order chi connectivity index (χ0) is 19.6. The Kier molecular flexibility index (Phi) is 5.48. The van der Waals surface area contributed by atoms with Gasteiger partial charge in [0.25, 0.3) is 0 Å². The van der Waals surface area contributed by atoms with E-state index >= 15 is 0 Å². The molecule has 0 amide bonds. The normalized spacial score (nSPS) is 20.2. The van der Waals surface area contributed by atoms with Gasteiger partial charge in [-0.15, -0.1) is 5.10 Å². The Morgan fingerprint density at radius 2 is 1.71 bits per heavy atom. The molecule has 1 N–H and O–H groups in total. The van der Waals surface area contributed by atoms with Crippen molar-refractivity contribution < 1.29 is 8.42 Å². The quantitative estimate of drug-likeness (QED) is 0.680. The molecule has 146 valence electrons. The van der Waals surface area contributed by atoms with Crippen LogP contribution >= 0.6 is 11.6 Å². The van der Waals surface area contributed by atoms with Crippen LogP contribution in [0.5, 0.6) is 0 Å². The molecule has 2 aromatic carbocycles. The summed E-state index contributed by atoms with van der Waals surface area (Å²) in [7, 11) is -3.63. The summed E-state index contributed by atoms with van der Waals surface area (Å²) in [6.45, 7) is 0. The third kappa shape index (κ3) is 4.11. The predicted octanol–water partition coefficient (Wildman–Crippen LogP) is 4.06. The van der Waals surface area contributed by atoms with Crippen LogP contribution in [0.3, 0.4) is 0 Å². The number of rotatable bonds is 5. The molecule has 2 atom stereocenters. The number of nitrogens with zero attached hydrogens (tertiary/aromatic N) is 3. The first-order valence-electron chi connectivity index (χ1n) is 9.28. The van der Waals surface area contributed by atoms with Gasteiger partial charge in [-0.05, 0) is 37.1 Å². The Labute approximate surface area is 169 Å². The minimum Gasteiger partial charge on any atom is -0.247 e. The van der Waals surface area contributed by atoms with E-state index in [0.717, 1.165) is 36.9 Å². The maximum Gasteiger partial charge on any atom is 0.240 e. The van der Waals surface area contributed by atoms with E-state index < -0.39 is 10.0 Å². The molecule has 1 saturated carbocycles. The number of hydrogen-bond donors (Lipinski definition) is 1. The number of benzene rings is 2. The largest absolute Gasteiger partial charge is 0.247 e. The van der Waals surface area contributed by atoms with Gasteiger partial charge in [-0.25, -0.2) is 17.8 Å². The Morgan fingerprint density at radius 3 is 2.46 bits per heavy atom. The average molecular weight is 417 g/mol. The zero-order valence-electron chi connectivity index (χ0n) is 15.2. The highest BCUT2D eigenvalue weighted by Crippen LogP contribution is 2.30. The molecule has 0 bridgehead atoms. The smallest absolute Gasteiger partial charge is 0.240 e. The van der Waals surface area contributed by atoms with E-state index in [1.807, 2.05) is 36.5 Å². The van der Waals surface area contributed by atoms with E-state index in [0.29, 0.717) is 5.02 Å². The standard InChI is InChI=1S/C20H21ClN4O2S/c21-16-10-12-17(13-11-16)28(26,27)23-18-8-4-5-9-20(18)25-14-19(22-24-25)15-6-2-1-3-7-15/h1-3,6-7,10-14,18,20,23H,4-5,8-9H2/t18-,20-/m0/s1. The van der Waals surface area contributed by atoms with Crippen LogP contribution in [0.4, 0.5) is 0 Å². The van der Waals surface area contributed by atoms with Gasteiger partial charge < -0.3 is 0 Å². The summed E-state index contributed by atoms with van der Waals surface area (Å²) in [6.07, 6.45) is 5.52. The highest BCUT2D eigenvalue weighted by atomic mass is 35.5. The molecule has 1 fully saturated rings. The van der Waals surface area contributed by atoms with Gasteiger partial charge in [0.05, 0.1) is 17.1 Å². The van der Waals surface area contributed by atoms with Crippen molar-refractivity contribution in [3.05, 3.63) is 65.8 Å². The molecule has 4 rings (SSSR count). The molecule has 28 heavy (non-hydrogen) atoms. The third-order valence-electron chi connectivity index (χ3n) is 5.08. The first-order valence-corrected chi connectivity index (χ1v) is 11.1. The summed E-state index contributed by atoms with van der Waals surface area (Å²) in [4.78, 5) is 0.213. The van der Waals surface area contributed by atoms with Gasteiger partial charge in [-0.1, -0.05) is 60.0 Å². The summed E-state index contributed by atoms with van der Waals surface area (Å²) in [5.41, 5.74) is 1.77. The molecule has 8 heteroatoms. The second-order valence-corrected chi connectivity index (χ2v) is 9.13. The van der Waals surface area contributed by atoms with E-state index in [1.54, 1.807) is 16.8 Å². The molecule has 3 aromatic rings. The Hall–Kier alpha value is -2.22. The summed E-state index contributed by atoms with van der Waals surface area (Å²) >= 11 is 5.88. The lowest BCUT2D eigenvalue weighted by Crippen LogP contribution is -2.43. The van der Waals surface area contributed by atoms with E-state index in [4.69, 9.17) is 11.6 Å². The molecule has 1 aliphatic rings. The first-order chi connectivity index (χ1) is 13.5. The van der Waals surface area contributed by atoms with Gasteiger partial charge in [-0.2, -0.15) is 0 Å². The summed E-state index contributed by atoms with van der Waals surface area (Å²) in [6, 6.07) is 15.7. The highest BCUT2D eigenvalue weighted by molar-refractivity contribution is 7.89. The van der Waals surface area contributed by atoms with Crippen molar-refractivity contribution in [2.45, 2.75) is 42.7 Å². The van der Waals surface area contributed by atoms with Crippen molar-refractivity contribution in [2.75, 3.05) is 0 Å². The summed E-state index contributed by atoms with van der Waals surface area (Å²) in [5, 5.41) is 9.08. The van der Waals surface area contributed by atoms with E-state index in [2.05, 4.69) is 15.0 Å². The minimum absolute atomic E-state index is 0.0687. The minimum atomic E-state index is -3.63. The van der Waals surface area contributed by atoms with Crippen molar-refractivity contribution in [3.63, 3.8) is 0 Å². The Morgan fingerprint density at radius 1 is 1.00 bits per heavy atom. The van der Waals surface area contributed by atoms with Crippen LogP contribution in [0.15, 0.2) is 65.7 Å². The van der Waals surface area contributed by atoms with Crippen LogP contribution in [-0.4, -0.2) is 29.5 Å². The second-order valence-electron chi connectivity index (χ2n) is 6.98. The van der Waals surface area contributed by atoms with Gasteiger partial charge >= 0.3 is 0 Å². The maximum absolute atomic E-state index is 12.8. The Balaban J connectivity index is 1.57. The van der Waals surface area contributed by atoms with Crippen LogP contribution in [0.25, 0.3) is 11.3 Å². The fraction of sp³-hybridized carbons (Fsp3) is 0.300. The topological polar surface area (TPSA) is 76.9 Å². The third-order valence-corrected chi connectivity index (χ3v) is 6.84. The molecule has 6 nitrogen and oxygen atoms in total. The predicted molar refractivity (Wildman–Crippen MR) is 109 cm³/mol. The molecule has 0 unspecified atom stereocenters. The molecular formula is C20H21ClN4O2S. The van der Waals surface area contributed by atoms with Gasteiger partial charge in [0, 0.05) is 16.6 Å². The van der Waals surface area contributed by atoms with Crippen molar-refractivity contribution in [1.29, 1.82) is 0 Å². The molecular weight excluding hydrogens is 396 g/mol. The zero-order valence-corrected chi connectivity index (χ0v) is 16.8. The number of nitrogens with one attached hydrogen (secondary N) is 1. The SMILES string of the molecule is O=S(=O)(N[C@H]1CCCC[C@@H]1n1cc(-c2ccccc2)nn1)c1ccc(Cl)cc1. The highest BCUT2D eigenvalue weighted by Gasteiger charge is 2.31. The fourth-order valence-corrected chi connectivity index (χ4v) is 5.06. The van der Waals surface area contributed by atoms with Crippen molar-refractivity contribution in [1.82, 2.24) is 19.7 Å². The lowest BCUT2D eigenvalue weighted by atomic mass is 9.91. The number of hydrogen-bond acceptors (Lipinski definition) is 4. The first kappa shape index (κ1) is 19.1. The van der Waals surface area contributed by atoms with Crippen LogP contribution in [-0.2, 0) is 10.0 Å². The van der Waals surface area contributed by atoms with Crippen LogP contribution < -0.4 is 4.72 Å². The molecule has 1 aliphatic carbocycles. The Bertz CT molecular complexity index is 1040. The van der Waals surface area contributed by atoms with Crippen LogP contribution in [0.1, 0.15) is 31.7 Å². The molecule has 0 aliphatic heterocycles. The number of sulfonamides is 1. The van der Waals surface area contributed by atoms with Gasteiger partial charge in [0.1, 0.15) is 5.69 Å². The van der Waals surface area contributed by atoms with Crippen LogP contribution in [0, 0.1) is 0 Å². The van der Waals surface area contributed by atoms with Gasteiger partial charge in [-0.3, -0.25) is 0 Å². The van der Waals surface area contributed by atoms with E-state index in [1.165, 1.54) is 12.1 Å². The van der Waals surface area contributed by atoms with Crippen molar-refractivity contribution in [2.24, 2.45) is 0 Å². The van der Waals surface area contributed by atoms with E-state index in [-0.39, 0.29) is 17.0 Å². The summed E-state index contributed by atoms with van der Waals surface area (Å²) in [5.74, 6) is 0. The monoisotopic (exact) mass is 416 g/mol. The van der Waals surface area contributed by atoms with Crippen molar-refractivity contribution in [3.8, 4) is 11.3 Å². The number of aromatic nitrogens is 3. The van der Waals surface area contributed by atoms with Crippen molar-refractivity contribution >= 4 is 21.6 Å². The van der Waals surface area contributed by atoms with Gasteiger partial charge in [0.2, 0.25) is 10.0 Å². The summed E-state index contributed by atoms with van der Waals surface area (Å²) < 4.78 is 30.3.